The molecule has 0 amide bonds. The van der Waals surface area contributed by atoms with Crippen molar-refractivity contribution in [1.29, 1.82) is 0 Å². The summed E-state index contributed by atoms with van der Waals surface area (Å²) in [6, 6.07) is 5.51. The van der Waals surface area contributed by atoms with Crippen molar-refractivity contribution in [1.82, 2.24) is 0 Å². The molecule has 1 rings (SSSR count). The van der Waals surface area contributed by atoms with Crippen molar-refractivity contribution in [3.05, 3.63) is 34.9 Å². The summed E-state index contributed by atoms with van der Waals surface area (Å²) in [6.07, 6.45) is -0.604. The standard InChI is InChI=1S/C15H18O4/c1-4-19-15(18)9-12(16)8-14(17)13-7-10(2)5-6-11(13)3/h5-7H,4,8-9H2,1-3H3. The van der Waals surface area contributed by atoms with E-state index in [4.69, 9.17) is 0 Å². The SMILES string of the molecule is CCOC(=O)CC(=O)CC(=O)c1cc(C)ccc1C. The van der Waals surface area contributed by atoms with E-state index in [-0.39, 0.29) is 25.2 Å². The molecule has 0 saturated carbocycles. The number of ketones is 2. The van der Waals surface area contributed by atoms with Gasteiger partial charge in [0.15, 0.2) is 11.6 Å². The average molecular weight is 262 g/mol. The normalized spacial score (nSPS) is 10.1. The summed E-state index contributed by atoms with van der Waals surface area (Å²) in [6.45, 7) is 5.61. The molecule has 0 radical (unpaired) electrons. The lowest BCUT2D eigenvalue weighted by Crippen LogP contribution is -2.15. The molecular weight excluding hydrogens is 244 g/mol. The Balaban J connectivity index is 2.67. The van der Waals surface area contributed by atoms with Crippen LogP contribution in [0.5, 0.6) is 0 Å². The van der Waals surface area contributed by atoms with Gasteiger partial charge in [-0.1, -0.05) is 17.7 Å². The van der Waals surface area contributed by atoms with E-state index in [1.807, 2.05) is 26.0 Å². The first kappa shape index (κ1) is 15.1. The smallest absolute Gasteiger partial charge is 0.313 e. The second-order valence-corrected chi connectivity index (χ2v) is 4.44. The van der Waals surface area contributed by atoms with Gasteiger partial charge in [0.25, 0.3) is 0 Å². The van der Waals surface area contributed by atoms with Crippen molar-refractivity contribution < 1.29 is 19.1 Å². The maximum atomic E-state index is 12.0. The molecule has 0 N–H and O–H groups in total. The first-order valence-corrected chi connectivity index (χ1v) is 6.21. The molecule has 0 atom stereocenters. The monoisotopic (exact) mass is 262 g/mol. The molecule has 0 heterocycles. The van der Waals surface area contributed by atoms with Crippen LogP contribution in [0.3, 0.4) is 0 Å². The van der Waals surface area contributed by atoms with Gasteiger partial charge in [-0.2, -0.15) is 0 Å². The molecule has 4 nitrogen and oxygen atoms in total. The predicted octanol–water partition coefficient (Wildman–Crippen LogP) is 2.40. The third-order valence-corrected chi connectivity index (χ3v) is 2.70. The van der Waals surface area contributed by atoms with Crippen LogP contribution in [-0.2, 0) is 14.3 Å². The lowest BCUT2D eigenvalue weighted by molar-refractivity contribution is -0.145. The lowest BCUT2D eigenvalue weighted by Gasteiger charge is -2.06. The summed E-state index contributed by atoms with van der Waals surface area (Å²) < 4.78 is 4.67. The second kappa shape index (κ2) is 6.83. The summed E-state index contributed by atoms with van der Waals surface area (Å²) >= 11 is 0. The molecule has 0 spiro atoms. The maximum absolute atomic E-state index is 12.0. The topological polar surface area (TPSA) is 60.4 Å². The number of hydrogen-bond acceptors (Lipinski definition) is 4. The zero-order valence-corrected chi connectivity index (χ0v) is 11.5. The number of hydrogen-bond donors (Lipinski definition) is 0. The number of carbonyl (C=O) groups is 3. The van der Waals surface area contributed by atoms with Crippen LogP contribution in [0.2, 0.25) is 0 Å². The largest absolute Gasteiger partial charge is 0.466 e. The number of carbonyl (C=O) groups excluding carboxylic acids is 3. The van der Waals surface area contributed by atoms with Gasteiger partial charge in [-0.25, -0.2) is 0 Å². The molecule has 19 heavy (non-hydrogen) atoms. The van der Waals surface area contributed by atoms with Crippen LogP contribution < -0.4 is 0 Å². The van der Waals surface area contributed by atoms with E-state index in [1.165, 1.54) is 0 Å². The highest BCUT2D eigenvalue weighted by atomic mass is 16.5. The van der Waals surface area contributed by atoms with Crippen molar-refractivity contribution >= 4 is 17.5 Å². The Morgan fingerprint density at radius 2 is 1.79 bits per heavy atom. The van der Waals surface area contributed by atoms with Crippen molar-refractivity contribution in [3.8, 4) is 0 Å². The van der Waals surface area contributed by atoms with Crippen LogP contribution in [0.15, 0.2) is 18.2 Å². The van der Waals surface area contributed by atoms with Crippen LogP contribution in [0.25, 0.3) is 0 Å². The molecule has 0 saturated heterocycles. The van der Waals surface area contributed by atoms with Crippen LogP contribution in [0.4, 0.5) is 0 Å². The van der Waals surface area contributed by atoms with Gasteiger partial charge in [0.05, 0.1) is 13.0 Å². The Morgan fingerprint density at radius 3 is 2.42 bits per heavy atom. The van der Waals surface area contributed by atoms with Gasteiger partial charge in [0, 0.05) is 5.56 Å². The summed E-state index contributed by atoms with van der Waals surface area (Å²) in [7, 11) is 0. The Kier molecular flexibility index (Phi) is 5.42. The van der Waals surface area contributed by atoms with Crippen LogP contribution in [-0.4, -0.2) is 24.1 Å². The van der Waals surface area contributed by atoms with Crippen molar-refractivity contribution in [2.24, 2.45) is 0 Å². The minimum Gasteiger partial charge on any atom is -0.466 e. The summed E-state index contributed by atoms with van der Waals surface area (Å²) in [5, 5.41) is 0. The Bertz CT molecular complexity index is 503. The summed E-state index contributed by atoms with van der Waals surface area (Å²) in [5.41, 5.74) is 2.34. The van der Waals surface area contributed by atoms with E-state index in [0.717, 1.165) is 11.1 Å². The molecule has 0 aliphatic heterocycles. The highest BCUT2D eigenvalue weighted by Crippen LogP contribution is 2.13. The lowest BCUT2D eigenvalue weighted by atomic mass is 9.98. The Morgan fingerprint density at radius 1 is 1.11 bits per heavy atom. The number of benzene rings is 1. The van der Waals surface area contributed by atoms with Gasteiger partial charge in [0.1, 0.15) is 6.42 Å². The molecule has 0 bridgehead atoms. The maximum Gasteiger partial charge on any atom is 0.313 e. The minimum absolute atomic E-state index is 0.233. The van der Waals surface area contributed by atoms with E-state index in [9.17, 15) is 14.4 Å². The van der Waals surface area contributed by atoms with Gasteiger partial charge in [-0.15, -0.1) is 0 Å². The van der Waals surface area contributed by atoms with Gasteiger partial charge in [-0.05, 0) is 32.4 Å². The molecule has 1 aromatic rings. The molecule has 0 aliphatic carbocycles. The molecule has 4 heteroatoms. The van der Waals surface area contributed by atoms with Crippen molar-refractivity contribution in [2.45, 2.75) is 33.6 Å². The molecule has 0 unspecified atom stereocenters. The van der Waals surface area contributed by atoms with E-state index in [0.29, 0.717) is 5.56 Å². The van der Waals surface area contributed by atoms with E-state index in [1.54, 1.807) is 13.0 Å². The fourth-order valence-corrected chi connectivity index (χ4v) is 1.75. The van der Waals surface area contributed by atoms with Crippen molar-refractivity contribution in [2.75, 3.05) is 6.61 Å². The molecular formula is C15H18O4. The summed E-state index contributed by atoms with van der Waals surface area (Å²) in [5.74, 6) is -1.25. The third kappa shape index (κ3) is 4.66. The first-order valence-electron chi connectivity index (χ1n) is 6.21. The molecule has 0 aliphatic rings. The van der Waals surface area contributed by atoms with E-state index < -0.39 is 11.8 Å². The zero-order chi connectivity index (χ0) is 14.4. The highest BCUT2D eigenvalue weighted by Gasteiger charge is 2.17. The number of rotatable bonds is 6. The number of esters is 1. The third-order valence-electron chi connectivity index (χ3n) is 2.70. The van der Waals surface area contributed by atoms with Gasteiger partial charge in [-0.3, -0.25) is 14.4 Å². The average Bonchev–Trinajstić information content (AvgIpc) is 2.32. The quantitative estimate of drug-likeness (QED) is 0.448. The molecule has 102 valence electrons. The van der Waals surface area contributed by atoms with Crippen LogP contribution >= 0.6 is 0 Å². The minimum atomic E-state index is -0.582. The van der Waals surface area contributed by atoms with Crippen molar-refractivity contribution in [3.63, 3.8) is 0 Å². The fraction of sp³-hybridized carbons (Fsp3) is 0.400. The Labute approximate surface area is 112 Å². The predicted molar refractivity (Wildman–Crippen MR) is 71.1 cm³/mol. The second-order valence-electron chi connectivity index (χ2n) is 4.44. The van der Waals surface area contributed by atoms with Crippen LogP contribution in [0.1, 0.15) is 41.3 Å². The van der Waals surface area contributed by atoms with E-state index in [2.05, 4.69) is 4.74 Å². The van der Waals surface area contributed by atoms with Crippen LogP contribution in [0, 0.1) is 13.8 Å². The Hall–Kier alpha value is -1.97. The first-order chi connectivity index (χ1) is 8.93. The van der Waals surface area contributed by atoms with Gasteiger partial charge < -0.3 is 4.74 Å². The van der Waals surface area contributed by atoms with Gasteiger partial charge >= 0.3 is 5.97 Å². The molecule has 0 aromatic heterocycles. The number of aryl methyl sites for hydroxylation is 2. The zero-order valence-electron chi connectivity index (χ0n) is 11.5. The number of ether oxygens (including phenoxy) is 1. The van der Waals surface area contributed by atoms with Gasteiger partial charge in [0.2, 0.25) is 0 Å². The summed E-state index contributed by atoms with van der Waals surface area (Å²) in [4.78, 5) is 34.7. The fourth-order valence-electron chi connectivity index (χ4n) is 1.75. The highest BCUT2D eigenvalue weighted by molar-refractivity contribution is 6.12. The van der Waals surface area contributed by atoms with E-state index >= 15 is 0 Å². The molecule has 1 aromatic carbocycles. The molecule has 0 fully saturated rings. The number of Topliss-reactive ketones (excluding diaryl/α,β-unsaturated/α-hetero) is 2.